The number of nitrogens with zero attached hydrogens (tertiary/aromatic N) is 1. The molecule has 2 heterocycles. The molecule has 0 saturated carbocycles. The Kier molecular flexibility index (Phi) is 5.80. The number of imide groups is 1. The summed E-state index contributed by atoms with van der Waals surface area (Å²) in [4.78, 5) is 38.0. The first-order valence-corrected chi connectivity index (χ1v) is 9.47. The molecule has 0 bridgehead atoms. The monoisotopic (exact) mass is 411 g/mol. The number of nitrogens with one attached hydrogen (secondary N) is 2. The Labute approximate surface area is 164 Å². The molecule has 0 radical (unpaired) electrons. The molecular weight excluding hydrogens is 397 g/mol. The summed E-state index contributed by atoms with van der Waals surface area (Å²) in [5.41, 5.74) is 0.698. The van der Waals surface area contributed by atoms with Crippen LogP contribution in [0.2, 0.25) is 10.0 Å². The van der Waals surface area contributed by atoms with Crippen LogP contribution in [0.25, 0.3) is 0 Å². The fourth-order valence-electron chi connectivity index (χ4n) is 2.67. The van der Waals surface area contributed by atoms with Crippen molar-refractivity contribution in [2.75, 3.05) is 5.32 Å². The van der Waals surface area contributed by atoms with Gasteiger partial charge in [0.2, 0.25) is 11.8 Å². The summed E-state index contributed by atoms with van der Waals surface area (Å²) < 4.78 is 0. The Morgan fingerprint density at radius 2 is 2.08 bits per heavy atom. The van der Waals surface area contributed by atoms with Crippen molar-refractivity contribution in [2.24, 2.45) is 0 Å². The van der Waals surface area contributed by atoms with Crippen molar-refractivity contribution in [1.82, 2.24) is 10.2 Å². The molecule has 3 rings (SSSR count). The summed E-state index contributed by atoms with van der Waals surface area (Å²) in [5.74, 6) is -0.771. The third-order valence-corrected chi connectivity index (χ3v) is 5.33. The zero-order chi connectivity index (χ0) is 18.7. The molecule has 0 spiro atoms. The zero-order valence-electron chi connectivity index (χ0n) is 13.5. The number of anilines is 1. The van der Waals surface area contributed by atoms with Crippen LogP contribution in [0.3, 0.4) is 0 Å². The summed E-state index contributed by atoms with van der Waals surface area (Å²) in [6.45, 7) is 0.180. The van der Waals surface area contributed by atoms with Crippen LogP contribution in [0, 0.1) is 0 Å². The minimum Gasteiger partial charge on any atom is -0.350 e. The number of carbonyl (C=O) groups is 3. The summed E-state index contributed by atoms with van der Waals surface area (Å²) in [7, 11) is 0. The fraction of sp³-hybridized carbons (Fsp3) is 0.235. The first-order chi connectivity index (χ1) is 12.5. The highest BCUT2D eigenvalue weighted by Gasteiger charge is 2.40. The van der Waals surface area contributed by atoms with Gasteiger partial charge >= 0.3 is 6.03 Å². The molecule has 2 aromatic rings. The lowest BCUT2D eigenvalue weighted by atomic mass is 10.2. The predicted molar refractivity (Wildman–Crippen MR) is 102 cm³/mol. The molecule has 6 nitrogen and oxygen atoms in total. The number of urea groups is 1. The smallest absolute Gasteiger partial charge is 0.329 e. The molecular formula is C17H15Cl2N3O3S. The minimum atomic E-state index is -0.839. The van der Waals surface area contributed by atoms with Crippen LogP contribution in [0.15, 0.2) is 35.7 Å². The summed E-state index contributed by atoms with van der Waals surface area (Å²) in [5, 5.41) is 8.72. The number of thiophene rings is 1. The molecule has 9 heteroatoms. The van der Waals surface area contributed by atoms with Gasteiger partial charge in [-0.05, 0) is 41.6 Å². The standard InChI is InChI=1S/C17H15Cl2N3O3S/c18-11-4-3-10(12(19)8-11)9-20-16(24)13-5-6-15(23)22(13)17(25)21-14-2-1-7-26-14/h1-4,7-8,13H,5-6,9H2,(H,20,24)(H,21,25). The SMILES string of the molecule is O=C(NCc1ccc(Cl)cc1Cl)C1CCC(=O)N1C(=O)Nc1cccs1. The molecule has 0 aliphatic carbocycles. The second-order valence-electron chi connectivity index (χ2n) is 5.68. The molecule has 1 aromatic carbocycles. The highest BCUT2D eigenvalue weighted by molar-refractivity contribution is 7.14. The Balaban J connectivity index is 1.65. The van der Waals surface area contributed by atoms with Gasteiger partial charge in [0.15, 0.2) is 0 Å². The van der Waals surface area contributed by atoms with E-state index < -0.39 is 18.0 Å². The molecule has 1 aromatic heterocycles. The van der Waals surface area contributed by atoms with Crippen LogP contribution in [0.4, 0.5) is 9.80 Å². The van der Waals surface area contributed by atoms with Gasteiger partial charge in [-0.3, -0.25) is 19.8 Å². The van der Waals surface area contributed by atoms with E-state index in [-0.39, 0.29) is 25.3 Å². The molecule has 4 amide bonds. The van der Waals surface area contributed by atoms with Gasteiger partial charge in [0.25, 0.3) is 0 Å². The van der Waals surface area contributed by atoms with E-state index in [0.717, 1.165) is 4.90 Å². The number of likely N-dealkylation sites (tertiary alicyclic amines) is 1. The summed E-state index contributed by atoms with van der Waals surface area (Å²) >= 11 is 13.3. The van der Waals surface area contributed by atoms with Crippen LogP contribution in [-0.4, -0.2) is 28.8 Å². The molecule has 1 saturated heterocycles. The van der Waals surface area contributed by atoms with E-state index >= 15 is 0 Å². The maximum atomic E-state index is 12.5. The lowest BCUT2D eigenvalue weighted by molar-refractivity contribution is -0.132. The van der Waals surface area contributed by atoms with Crippen LogP contribution in [0.5, 0.6) is 0 Å². The Bertz CT molecular complexity index is 842. The molecule has 136 valence electrons. The number of halogens is 2. The quantitative estimate of drug-likeness (QED) is 0.800. The van der Waals surface area contributed by atoms with Crippen LogP contribution in [0.1, 0.15) is 18.4 Å². The van der Waals surface area contributed by atoms with Crippen molar-refractivity contribution < 1.29 is 14.4 Å². The van der Waals surface area contributed by atoms with Gasteiger partial charge in [-0.25, -0.2) is 4.79 Å². The summed E-state index contributed by atoms with van der Waals surface area (Å²) in [6, 6.07) is 7.05. The molecule has 1 fully saturated rings. The lowest BCUT2D eigenvalue weighted by Crippen LogP contribution is -2.48. The van der Waals surface area contributed by atoms with Crippen molar-refractivity contribution in [2.45, 2.75) is 25.4 Å². The number of hydrogen-bond donors (Lipinski definition) is 2. The van der Waals surface area contributed by atoms with Gasteiger partial charge in [0, 0.05) is 23.0 Å². The van der Waals surface area contributed by atoms with Crippen molar-refractivity contribution >= 4 is 57.4 Å². The van der Waals surface area contributed by atoms with Crippen molar-refractivity contribution in [3.8, 4) is 0 Å². The Morgan fingerprint density at radius 3 is 2.77 bits per heavy atom. The van der Waals surface area contributed by atoms with E-state index in [1.807, 2.05) is 5.38 Å². The van der Waals surface area contributed by atoms with Crippen molar-refractivity contribution in [1.29, 1.82) is 0 Å². The number of rotatable bonds is 4. The molecule has 1 unspecified atom stereocenters. The summed E-state index contributed by atoms with van der Waals surface area (Å²) in [6.07, 6.45) is 0.439. The van der Waals surface area contributed by atoms with Gasteiger partial charge in [-0.15, -0.1) is 11.3 Å². The van der Waals surface area contributed by atoms with Crippen LogP contribution < -0.4 is 10.6 Å². The third-order valence-electron chi connectivity index (χ3n) is 3.95. The first kappa shape index (κ1) is 18.7. The number of hydrogen-bond acceptors (Lipinski definition) is 4. The second-order valence-corrected chi connectivity index (χ2v) is 7.47. The number of carbonyl (C=O) groups excluding carboxylic acids is 3. The van der Waals surface area contributed by atoms with E-state index in [2.05, 4.69) is 10.6 Å². The average Bonchev–Trinajstić information content (AvgIpc) is 3.23. The Morgan fingerprint density at radius 1 is 1.27 bits per heavy atom. The van der Waals surface area contributed by atoms with E-state index in [9.17, 15) is 14.4 Å². The Hall–Kier alpha value is -2.09. The highest BCUT2D eigenvalue weighted by atomic mass is 35.5. The minimum absolute atomic E-state index is 0.150. The van der Waals surface area contributed by atoms with Gasteiger partial charge in [0.05, 0.1) is 5.00 Å². The van der Waals surface area contributed by atoms with E-state index in [0.29, 0.717) is 20.6 Å². The van der Waals surface area contributed by atoms with Crippen LogP contribution >= 0.6 is 34.5 Å². The second kappa shape index (κ2) is 8.07. The van der Waals surface area contributed by atoms with Gasteiger partial charge < -0.3 is 5.32 Å². The molecule has 1 aliphatic rings. The molecule has 2 N–H and O–H groups in total. The van der Waals surface area contributed by atoms with Crippen molar-refractivity contribution in [3.05, 3.63) is 51.3 Å². The van der Waals surface area contributed by atoms with E-state index in [1.165, 1.54) is 11.3 Å². The van der Waals surface area contributed by atoms with Crippen LogP contribution in [-0.2, 0) is 16.1 Å². The van der Waals surface area contributed by atoms with E-state index in [1.54, 1.807) is 30.3 Å². The lowest BCUT2D eigenvalue weighted by Gasteiger charge is -2.22. The largest absolute Gasteiger partial charge is 0.350 e. The van der Waals surface area contributed by atoms with Gasteiger partial charge in [-0.2, -0.15) is 0 Å². The third kappa shape index (κ3) is 4.17. The van der Waals surface area contributed by atoms with Gasteiger partial charge in [0.1, 0.15) is 6.04 Å². The highest BCUT2D eigenvalue weighted by Crippen LogP contribution is 2.24. The number of amides is 4. The van der Waals surface area contributed by atoms with Crippen molar-refractivity contribution in [3.63, 3.8) is 0 Å². The average molecular weight is 412 g/mol. The molecule has 26 heavy (non-hydrogen) atoms. The zero-order valence-corrected chi connectivity index (χ0v) is 15.8. The maximum Gasteiger partial charge on any atom is 0.329 e. The van der Waals surface area contributed by atoms with E-state index in [4.69, 9.17) is 23.2 Å². The molecule has 1 atom stereocenters. The first-order valence-electron chi connectivity index (χ1n) is 7.84. The maximum absolute atomic E-state index is 12.5. The normalized spacial score (nSPS) is 16.6. The molecule has 1 aliphatic heterocycles. The topological polar surface area (TPSA) is 78.5 Å². The number of benzene rings is 1. The predicted octanol–water partition coefficient (Wildman–Crippen LogP) is 3.89. The van der Waals surface area contributed by atoms with Gasteiger partial charge in [-0.1, -0.05) is 29.3 Å². The fourth-order valence-corrected chi connectivity index (χ4v) is 3.75.